The van der Waals surface area contributed by atoms with Gasteiger partial charge in [0.1, 0.15) is 23.8 Å². The van der Waals surface area contributed by atoms with Crippen molar-refractivity contribution in [1.29, 1.82) is 10.5 Å². The molecule has 0 bridgehead atoms. The van der Waals surface area contributed by atoms with Crippen LogP contribution in [-0.2, 0) is 35.3 Å². The predicted molar refractivity (Wildman–Crippen MR) is 265 cm³/mol. The molecule has 69 heavy (non-hydrogen) atoms. The molecule has 0 saturated carbocycles. The number of aryl methyl sites for hydroxylation is 2. The molecule has 2 aromatic heterocycles. The van der Waals surface area contributed by atoms with Crippen LogP contribution in [0.2, 0.25) is 10.0 Å². The quantitative estimate of drug-likeness (QED) is 0.0809. The number of halogens is 2. The molecule has 0 atom stereocenters. The van der Waals surface area contributed by atoms with Gasteiger partial charge < -0.3 is 20.8 Å². The molecule has 0 unspecified atom stereocenters. The average Bonchev–Trinajstić information content (AvgIpc) is 3.83. The predicted octanol–water partition coefficient (Wildman–Crippen LogP) is 9.55. The normalized spacial score (nSPS) is 10.6. The highest BCUT2D eigenvalue weighted by atomic mass is 35.5. The van der Waals surface area contributed by atoms with Gasteiger partial charge in [0, 0.05) is 34.3 Å². The number of rotatable bonds is 14. The van der Waals surface area contributed by atoms with Gasteiger partial charge in [-0.05, 0) is 134 Å². The first-order valence-corrected chi connectivity index (χ1v) is 22.0. The topological polar surface area (TPSA) is 216 Å². The second-order valence-electron chi connectivity index (χ2n) is 15.7. The fourth-order valence-corrected chi connectivity index (χ4v) is 7.99. The summed E-state index contributed by atoms with van der Waals surface area (Å²) >= 11 is 11.8. The Morgan fingerprint density at radius 2 is 0.971 bits per heavy atom. The summed E-state index contributed by atoms with van der Waals surface area (Å²) in [7, 11) is 0. The van der Waals surface area contributed by atoms with Gasteiger partial charge in [0.05, 0.1) is 57.4 Å². The van der Waals surface area contributed by atoms with E-state index >= 15 is 0 Å². The van der Waals surface area contributed by atoms with Gasteiger partial charge in [0.2, 0.25) is 0 Å². The van der Waals surface area contributed by atoms with Crippen molar-refractivity contribution in [3.05, 3.63) is 188 Å². The second kappa shape index (κ2) is 22.5. The van der Waals surface area contributed by atoms with E-state index in [9.17, 15) is 29.7 Å². The van der Waals surface area contributed by atoms with Gasteiger partial charge in [-0.3, -0.25) is 28.3 Å². The number of nitriles is 2. The molecular weight excluding hydrogens is 916 g/mol. The lowest BCUT2D eigenvalue weighted by Crippen LogP contribution is -2.25. The van der Waals surface area contributed by atoms with E-state index in [1.807, 2.05) is 71.5 Å². The van der Waals surface area contributed by atoms with Gasteiger partial charge in [-0.1, -0.05) is 67.0 Å². The summed E-state index contributed by atoms with van der Waals surface area (Å²) in [6.07, 6.45) is 1.04. The summed E-state index contributed by atoms with van der Waals surface area (Å²) in [6.45, 7) is 4.59. The zero-order chi connectivity index (χ0) is 48.5. The molecule has 14 nitrogen and oxygen atoms in total. The van der Waals surface area contributed by atoms with Crippen LogP contribution in [0.1, 0.15) is 73.2 Å². The fraction of sp³-hybridized carbons (Fsp3) is 0.170. The second-order valence-corrected chi connectivity index (χ2v) is 16.6. The molecule has 8 aromatic rings. The zero-order valence-corrected chi connectivity index (χ0v) is 38.3. The molecule has 16 heteroatoms. The number of aromatic nitrogens is 4. The van der Waals surface area contributed by atoms with Crippen LogP contribution >= 0.6 is 23.2 Å². The van der Waals surface area contributed by atoms with Crippen molar-refractivity contribution in [3.8, 4) is 23.5 Å². The zero-order valence-electron chi connectivity index (χ0n) is 36.8. The molecule has 0 aliphatic carbocycles. The highest BCUT2D eigenvalue weighted by Crippen LogP contribution is 2.28. The molecule has 0 radical (unpaired) electrons. The van der Waals surface area contributed by atoms with Crippen molar-refractivity contribution < 1.29 is 29.4 Å². The molecule has 6 aromatic carbocycles. The maximum Gasteiger partial charge on any atom is 0.307 e. The van der Waals surface area contributed by atoms with Crippen LogP contribution in [0.25, 0.3) is 33.4 Å². The number of carboxylic acids is 2. The largest absolute Gasteiger partial charge is 0.481 e. The highest BCUT2D eigenvalue weighted by Gasteiger charge is 2.18. The number of carboxylic acid groups (broad SMARTS) is 2. The van der Waals surface area contributed by atoms with E-state index < -0.39 is 11.9 Å². The number of nitrogens with one attached hydrogen (secondary N) is 2. The Hall–Kier alpha value is -8.30. The van der Waals surface area contributed by atoms with Crippen LogP contribution in [0.3, 0.4) is 0 Å². The summed E-state index contributed by atoms with van der Waals surface area (Å²) in [5.74, 6) is -1.03. The third-order valence-corrected chi connectivity index (χ3v) is 11.5. The fourth-order valence-electron chi connectivity index (χ4n) is 7.74. The number of aliphatic carboxylic acids is 2. The van der Waals surface area contributed by atoms with Gasteiger partial charge in [0.15, 0.2) is 0 Å². The number of carbonyl (C=O) groups excluding carboxylic acids is 2. The van der Waals surface area contributed by atoms with Crippen LogP contribution in [-0.4, -0.2) is 66.2 Å². The Morgan fingerprint density at radius 3 is 1.43 bits per heavy atom. The number of fused-ring (bicyclic) bond motifs is 2. The van der Waals surface area contributed by atoms with Crippen LogP contribution < -0.4 is 10.6 Å². The Labute approximate surface area is 408 Å². The standard InChI is InChI=1S/2C26H21ClN4O3.CH4/c1-16-30-22-8-5-19(26(34)29-11-10-17-2-6-21(27)7-3-17)14-24(22)31(16)23-9-4-18(13-25(32)33)12-20(23)15-28;1-16-30-22-14-19(26(34)29-11-10-17-2-6-21(27)7-3-17)5-9-24(22)31(16)23-8-4-18(13-25(32)33)12-20(23)15-28;/h2*2-9,12,14H,10-11,13H2,1H3,(H,29,34)(H,32,33);1H4. The lowest BCUT2D eigenvalue weighted by Gasteiger charge is -2.11. The molecule has 4 N–H and O–H groups in total. The maximum absolute atomic E-state index is 12.8. The van der Waals surface area contributed by atoms with Gasteiger partial charge in [-0.15, -0.1) is 0 Å². The monoisotopic (exact) mass is 960 g/mol. The summed E-state index contributed by atoms with van der Waals surface area (Å²) in [4.78, 5) is 56.6. The van der Waals surface area contributed by atoms with E-state index in [1.165, 1.54) is 0 Å². The molecule has 0 aliphatic rings. The Morgan fingerprint density at radius 1 is 0.551 bits per heavy atom. The molecular formula is C53H46Cl2N8O6. The molecule has 0 saturated heterocycles. The minimum Gasteiger partial charge on any atom is -0.481 e. The molecule has 0 fully saturated rings. The Bertz CT molecular complexity index is 3310. The van der Waals surface area contributed by atoms with Gasteiger partial charge in [-0.2, -0.15) is 10.5 Å². The number of carbonyl (C=O) groups is 4. The van der Waals surface area contributed by atoms with E-state index in [4.69, 9.17) is 33.4 Å². The summed E-state index contributed by atoms with van der Waals surface area (Å²) in [6, 6.07) is 39.7. The Balaban J connectivity index is 0.000000224. The van der Waals surface area contributed by atoms with Crippen LogP contribution in [0.15, 0.2) is 121 Å². The Kier molecular flexibility index (Phi) is 16.3. The summed E-state index contributed by atoms with van der Waals surface area (Å²) in [5, 5.41) is 44.6. The third kappa shape index (κ3) is 12.2. The maximum atomic E-state index is 12.8. The lowest BCUT2D eigenvalue weighted by molar-refractivity contribution is -0.137. The molecule has 2 heterocycles. The van der Waals surface area contributed by atoms with E-state index in [-0.39, 0.29) is 32.1 Å². The minimum atomic E-state index is -0.965. The summed E-state index contributed by atoms with van der Waals surface area (Å²) in [5.41, 5.74) is 8.83. The third-order valence-electron chi connectivity index (χ3n) is 10.9. The molecule has 8 rings (SSSR count). The first-order valence-electron chi connectivity index (χ1n) is 21.2. The lowest BCUT2D eigenvalue weighted by atomic mass is 10.1. The van der Waals surface area contributed by atoms with Crippen molar-refractivity contribution in [2.75, 3.05) is 13.1 Å². The van der Waals surface area contributed by atoms with Crippen LogP contribution in [0.4, 0.5) is 0 Å². The number of imidazole rings is 2. The van der Waals surface area contributed by atoms with E-state index in [0.29, 0.717) is 109 Å². The van der Waals surface area contributed by atoms with Crippen LogP contribution in [0.5, 0.6) is 0 Å². The number of benzene rings is 6. The van der Waals surface area contributed by atoms with Gasteiger partial charge >= 0.3 is 11.9 Å². The first-order chi connectivity index (χ1) is 32.7. The number of nitrogens with zero attached hydrogens (tertiary/aromatic N) is 6. The highest BCUT2D eigenvalue weighted by molar-refractivity contribution is 6.30. The number of amides is 2. The summed E-state index contributed by atoms with van der Waals surface area (Å²) < 4.78 is 3.64. The number of hydrogen-bond donors (Lipinski definition) is 4. The molecule has 348 valence electrons. The SMILES string of the molecule is C.Cc1nc2cc(C(=O)NCCc3ccc(Cl)cc3)ccc2n1-c1ccc(CC(=O)O)cc1C#N.Cc1nc2ccc(C(=O)NCCc3ccc(Cl)cc3)cc2n1-c1ccc(CC(=O)O)cc1C#N. The van der Waals surface area contributed by atoms with E-state index in [1.54, 1.807) is 72.8 Å². The van der Waals surface area contributed by atoms with E-state index in [2.05, 4.69) is 32.7 Å². The molecule has 0 spiro atoms. The van der Waals surface area contributed by atoms with Crippen molar-refractivity contribution in [2.24, 2.45) is 0 Å². The van der Waals surface area contributed by atoms with Crippen LogP contribution in [0, 0.1) is 36.5 Å². The van der Waals surface area contributed by atoms with Gasteiger partial charge in [0.25, 0.3) is 11.8 Å². The van der Waals surface area contributed by atoms with Gasteiger partial charge in [-0.25, -0.2) is 9.97 Å². The van der Waals surface area contributed by atoms with E-state index in [0.717, 1.165) is 16.6 Å². The average molecular weight is 962 g/mol. The van der Waals surface area contributed by atoms with Crippen molar-refractivity contribution >= 4 is 69.0 Å². The molecule has 0 aliphatic heterocycles. The van der Waals surface area contributed by atoms with Crippen molar-refractivity contribution in [1.82, 2.24) is 29.7 Å². The smallest absolute Gasteiger partial charge is 0.307 e. The van der Waals surface area contributed by atoms with Crippen molar-refractivity contribution in [3.63, 3.8) is 0 Å². The first kappa shape index (κ1) is 50.1. The minimum absolute atomic E-state index is 0. The molecule has 2 amide bonds. The van der Waals surface area contributed by atoms with Crippen molar-refractivity contribution in [2.45, 2.75) is 47.0 Å². The number of hydrogen-bond acceptors (Lipinski definition) is 8.